The van der Waals surface area contributed by atoms with Crippen molar-refractivity contribution in [2.75, 3.05) is 0 Å². The summed E-state index contributed by atoms with van der Waals surface area (Å²) in [4.78, 5) is 8.20. The van der Waals surface area contributed by atoms with Gasteiger partial charge < -0.3 is 0 Å². The van der Waals surface area contributed by atoms with Gasteiger partial charge in [0.1, 0.15) is 0 Å². The van der Waals surface area contributed by atoms with Crippen molar-refractivity contribution in [3.63, 3.8) is 0 Å². The van der Waals surface area contributed by atoms with Crippen LogP contribution < -0.4 is 0 Å². The highest BCUT2D eigenvalue weighted by atomic mass is 32.2. The van der Waals surface area contributed by atoms with E-state index in [1.165, 1.54) is 11.3 Å². The minimum absolute atomic E-state index is 0.913. The number of pyridine rings is 1. The van der Waals surface area contributed by atoms with Crippen molar-refractivity contribution in [3.05, 3.63) is 30.0 Å². The standard InChI is InChI=1S/C8H6N2S2/c11-8-7(10-5-12-8)6-2-1-3-9-4-6/h1-5,11H. The lowest BCUT2D eigenvalue weighted by atomic mass is 10.2. The summed E-state index contributed by atoms with van der Waals surface area (Å²) < 4.78 is 0.933. The van der Waals surface area contributed by atoms with Crippen LogP contribution in [0.5, 0.6) is 0 Å². The van der Waals surface area contributed by atoms with E-state index in [1.807, 2.05) is 12.1 Å². The van der Waals surface area contributed by atoms with Gasteiger partial charge in [0.15, 0.2) is 0 Å². The lowest BCUT2D eigenvalue weighted by molar-refractivity contribution is 1.29. The third-order valence-corrected chi connectivity index (χ3v) is 2.64. The van der Waals surface area contributed by atoms with E-state index < -0.39 is 0 Å². The molecule has 2 aromatic rings. The number of hydrogen-bond acceptors (Lipinski definition) is 4. The summed E-state index contributed by atoms with van der Waals surface area (Å²) in [6.07, 6.45) is 3.53. The summed E-state index contributed by atoms with van der Waals surface area (Å²) >= 11 is 5.81. The molecule has 4 heteroatoms. The van der Waals surface area contributed by atoms with Crippen molar-refractivity contribution in [1.29, 1.82) is 0 Å². The van der Waals surface area contributed by atoms with E-state index in [0.29, 0.717) is 0 Å². The molecule has 2 heterocycles. The summed E-state index contributed by atoms with van der Waals surface area (Å²) in [6.45, 7) is 0. The van der Waals surface area contributed by atoms with E-state index in [4.69, 9.17) is 0 Å². The summed E-state index contributed by atoms with van der Waals surface area (Å²) in [6, 6.07) is 3.86. The molecular weight excluding hydrogens is 188 g/mol. The van der Waals surface area contributed by atoms with E-state index in [-0.39, 0.29) is 0 Å². The number of nitrogens with zero attached hydrogens (tertiary/aromatic N) is 2. The monoisotopic (exact) mass is 194 g/mol. The highest BCUT2D eigenvalue weighted by molar-refractivity contribution is 7.83. The molecule has 2 rings (SSSR count). The average molecular weight is 194 g/mol. The first-order valence-electron chi connectivity index (χ1n) is 3.41. The van der Waals surface area contributed by atoms with Gasteiger partial charge in [-0.05, 0) is 12.1 Å². The molecule has 2 nitrogen and oxygen atoms in total. The zero-order valence-corrected chi connectivity index (χ0v) is 7.85. The van der Waals surface area contributed by atoms with Gasteiger partial charge in [0.25, 0.3) is 0 Å². The highest BCUT2D eigenvalue weighted by Crippen LogP contribution is 2.27. The molecule has 0 aromatic carbocycles. The Morgan fingerprint density at radius 1 is 1.42 bits per heavy atom. The molecule has 0 bridgehead atoms. The zero-order valence-electron chi connectivity index (χ0n) is 6.14. The first-order chi connectivity index (χ1) is 5.88. The molecule has 0 saturated heterocycles. The maximum Gasteiger partial charge on any atom is 0.0961 e. The van der Waals surface area contributed by atoms with Gasteiger partial charge in [-0.3, -0.25) is 4.98 Å². The van der Waals surface area contributed by atoms with Gasteiger partial charge >= 0.3 is 0 Å². The van der Waals surface area contributed by atoms with Crippen molar-refractivity contribution in [2.24, 2.45) is 0 Å². The molecular formula is C8H6N2S2. The molecule has 0 unspecified atom stereocenters. The normalized spacial score (nSPS) is 10.1. The number of rotatable bonds is 1. The van der Waals surface area contributed by atoms with Gasteiger partial charge in [0, 0.05) is 18.0 Å². The van der Waals surface area contributed by atoms with E-state index in [1.54, 1.807) is 17.9 Å². The third kappa shape index (κ3) is 1.35. The van der Waals surface area contributed by atoms with E-state index >= 15 is 0 Å². The predicted molar refractivity (Wildman–Crippen MR) is 52.6 cm³/mol. The van der Waals surface area contributed by atoms with Crippen LogP contribution in [0.3, 0.4) is 0 Å². The first kappa shape index (κ1) is 7.76. The first-order valence-corrected chi connectivity index (χ1v) is 4.73. The molecule has 0 aliphatic rings. The lowest BCUT2D eigenvalue weighted by Crippen LogP contribution is -1.78. The molecule has 2 aromatic heterocycles. The Morgan fingerprint density at radius 3 is 2.92 bits per heavy atom. The Hall–Kier alpha value is -0.870. The number of aromatic nitrogens is 2. The summed E-state index contributed by atoms with van der Waals surface area (Å²) in [5.74, 6) is 0. The van der Waals surface area contributed by atoms with Crippen LogP contribution in [0, 0.1) is 0 Å². The second-order valence-corrected chi connectivity index (χ2v) is 3.85. The maximum atomic E-state index is 4.29. The quantitative estimate of drug-likeness (QED) is 0.706. The second kappa shape index (κ2) is 3.25. The van der Waals surface area contributed by atoms with Gasteiger partial charge in [-0.15, -0.1) is 24.0 Å². The van der Waals surface area contributed by atoms with Crippen LogP contribution in [0.25, 0.3) is 11.3 Å². The fraction of sp³-hybridized carbons (Fsp3) is 0. The Labute approximate surface area is 79.7 Å². The largest absolute Gasteiger partial charge is 0.264 e. The maximum absolute atomic E-state index is 4.29. The van der Waals surface area contributed by atoms with Crippen molar-refractivity contribution >= 4 is 24.0 Å². The van der Waals surface area contributed by atoms with Crippen molar-refractivity contribution in [1.82, 2.24) is 9.97 Å². The van der Waals surface area contributed by atoms with Crippen molar-refractivity contribution in [3.8, 4) is 11.3 Å². The van der Waals surface area contributed by atoms with Gasteiger partial charge in [0.2, 0.25) is 0 Å². The SMILES string of the molecule is Sc1scnc1-c1cccnc1. The third-order valence-electron chi connectivity index (χ3n) is 1.48. The number of hydrogen-bond donors (Lipinski definition) is 1. The molecule has 0 amide bonds. The highest BCUT2D eigenvalue weighted by Gasteiger charge is 2.03. The van der Waals surface area contributed by atoms with Crippen LogP contribution in [0.2, 0.25) is 0 Å². The van der Waals surface area contributed by atoms with Crippen LogP contribution >= 0.6 is 24.0 Å². The smallest absolute Gasteiger partial charge is 0.0961 e. The van der Waals surface area contributed by atoms with Gasteiger partial charge in [-0.25, -0.2) is 4.98 Å². The molecule has 0 saturated carbocycles. The van der Waals surface area contributed by atoms with Crippen LogP contribution in [-0.2, 0) is 0 Å². The predicted octanol–water partition coefficient (Wildman–Crippen LogP) is 2.49. The molecule has 0 aliphatic carbocycles. The average Bonchev–Trinajstić information content (AvgIpc) is 2.53. The minimum Gasteiger partial charge on any atom is -0.264 e. The summed E-state index contributed by atoms with van der Waals surface area (Å²) in [5.41, 5.74) is 3.71. The molecule has 0 radical (unpaired) electrons. The lowest BCUT2D eigenvalue weighted by Gasteiger charge is -1.94. The van der Waals surface area contributed by atoms with Crippen LogP contribution in [0.15, 0.2) is 34.2 Å². The Kier molecular flexibility index (Phi) is 2.10. The van der Waals surface area contributed by atoms with Crippen LogP contribution in [0.4, 0.5) is 0 Å². The molecule has 0 aliphatic heterocycles. The van der Waals surface area contributed by atoms with Crippen LogP contribution in [-0.4, -0.2) is 9.97 Å². The Bertz CT molecular complexity index is 370. The molecule has 12 heavy (non-hydrogen) atoms. The van der Waals surface area contributed by atoms with Crippen LogP contribution in [0.1, 0.15) is 0 Å². The molecule has 60 valence electrons. The van der Waals surface area contributed by atoms with Crippen molar-refractivity contribution < 1.29 is 0 Å². The van der Waals surface area contributed by atoms with Gasteiger partial charge in [-0.1, -0.05) is 0 Å². The van der Waals surface area contributed by atoms with Gasteiger partial charge in [0.05, 0.1) is 15.4 Å². The molecule has 0 fully saturated rings. The molecule has 0 spiro atoms. The summed E-state index contributed by atoms with van der Waals surface area (Å²) in [7, 11) is 0. The number of thiazole rings is 1. The van der Waals surface area contributed by atoms with E-state index in [0.717, 1.165) is 15.5 Å². The molecule has 0 N–H and O–H groups in total. The Morgan fingerprint density at radius 2 is 2.33 bits per heavy atom. The second-order valence-electron chi connectivity index (χ2n) is 2.25. The number of thiol groups is 1. The van der Waals surface area contributed by atoms with Crippen molar-refractivity contribution in [2.45, 2.75) is 4.21 Å². The summed E-state index contributed by atoms with van der Waals surface area (Å²) in [5, 5.41) is 0. The van der Waals surface area contributed by atoms with Gasteiger partial charge in [-0.2, -0.15) is 0 Å². The van der Waals surface area contributed by atoms with E-state index in [2.05, 4.69) is 22.6 Å². The molecule has 0 atom stereocenters. The minimum atomic E-state index is 0.913. The topological polar surface area (TPSA) is 25.8 Å². The Balaban J connectivity index is 2.51. The zero-order chi connectivity index (χ0) is 8.39. The fourth-order valence-corrected chi connectivity index (χ4v) is 1.81. The van der Waals surface area contributed by atoms with E-state index in [9.17, 15) is 0 Å². The fourth-order valence-electron chi connectivity index (χ4n) is 0.941.